The van der Waals surface area contributed by atoms with E-state index in [9.17, 15) is 4.79 Å². The van der Waals surface area contributed by atoms with Gasteiger partial charge in [-0.1, -0.05) is 11.6 Å². The van der Waals surface area contributed by atoms with E-state index in [1.54, 1.807) is 35.3 Å². The lowest BCUT2D eigenvalue weighted by Crippen LogP contribution is -2.23. The van der Waals surface area contributed by atoms with Crippen molar-refractivity contribution in [3.05, 3.63) is 76.8 Å². The molecule has 4 rings (SSSR count). The number of carbonyl (C=O) groups is 1. The van der Waals surface area contributed by atoms with Gasteiger partial charge >= 0.3 is 0 Å². The number of aromatic nitrogens is 4. The van der Waals surface area contributed by atoms with E-state index in [2.05, 4.69) is 20.4 Å². The molecule has 0 saturated carbocycles. The molecule has 6 nitrogen and oxygen atoms in total. The van der Waals surface area contributed by atoms with Crippen LogP contribution in [0.4, 0.5) is 0 Å². The Morgan fingerprint density at radius 1 is 1.21 bits per heavy atom. The lowest BCUT2D eigenvalue weighted by atomic mass is 10.0. The maximum Gasteiger partial charge on any atom is 0.252 e. The fourth-order valence-electron chi connectivity index (χ4n) is 3.04. The number of halogens is 1. The van der Waals surface area contributed by atoms with Crippen molar-refractivity contribution in [1.29, 1.82) is 0 Å². The normalized spacial score (nSPS) is 11.0. The van der Waals surface area contributed by atoms with E-state index in [4.69, 9.17) is 11.6 Å². The fraction of sp³-hybridized carbons (Fsp3) is 0.143. The second kappa shape index (κ2) is 7.40. The molecular formula is C21H18ClN5O. The van der Waals surface area contributed by atoms with Crippen LogP contribution in [0.2, 0.25) is 5.02 Å². The van der Waals surface area contributed by atoms with Crippen molar-refractivity contribution in [2.24, 2.45) is 7.05 Å². The molecule has 0 aliphatic heterocycles. The highest BCUT2D eigenvalue weighted by Gasteiger charge is 2.15. The summed E-state index contributed by atoms with van der Waals surface area (Å²) in [5.74, 6) is -0.205. The molecule has 3 heterocycles. The molecule has 0 aliphatic rings. The number of fused-ring (bicyclic) bond motifs is 1. The molecule has 0 spiro atoms. The van der Waals surface area contributed by atoms with Gasteiger partial charge in [0.05, 0.1) is 29.0 Å². The second-order valence-corrected chi connectivity index (χ2v) is 6.98. The minimum atomic E-state index is -0.205. The topological polar surface area (TPSA) is 72.7 Å². The van der Waals surface area contributed by atoms with E-state index >= 15 is 0 Å². The molecular weight excluding hydrogens is 374 g/mol. The van der Waals surface area contributed by atoms with Crippen LogP contribution in [-0.2, 0) is 13.6 Å². The molecule has 1 aromatic carbocycles. The summed E-state index contributed by atoms with van der Waals surface area (Å²) in [5.41, 5.74) is 4.57. The first-order valence-electron chi connectivity index (χ1n) is 8.80. The van der Waals surface area contributed by atoms with E-state index in [0.29, 0.717) is 33.7 Å². The number of hydrogen-bond donors (Lipinski definition) is 1. The monoisotopic (exact) mass is 391 g/mol. The Labute approximate surface area is 167 Å². The number of pyridine rings is 2. The van der Waals surface area contributed by atoms with Crippen LogP contribution in [0, 0.1) is 6.92 Å². The van der Waals surface area contributed by atoms with Crippen molar-refractivity contribution in [1.82, 2.24) is 25.1 Å². The molecule has 140 valence electrons. The molecule has 1 N–H and O–H groups in total. The summed E-state index contributed by atoms with van der Waals surface area (Å²) in [6.07, 6.45) is 3.43. The third kappa shape index (κ3) is 3.59. The van der Waals surface area contributed by atoms with Crippen LogP contribution in [0.25, 0.3) is 22.2 Å². The van der Waals surface area contributed by atoms with Gasteiger partial charge in [-0.2, -0.15) is 5.10 Å². The molecule has 1 amide bonds. The maximum atomic E-state index is 13.0. The smallest absolute Gasteiger partial charge is 0.252 e. The van der Waals surface area contributed by atoms with Gasteiger partial charge in [0.1, 0.15) is 0 Å². The van der Waals surface area contributed by atoms with Crippen molar-refractivity contribution in [2.45, 2.75) is 13.5 Å². The largest absolute Gasteiger partial charge is 0.346 e. The van der Waals surface area contributed by atoms with Crippen LogP contribution >= 0.6 is 11.6 Å². The summed E-state index contributed by atoms with van der Waals surface area (Å²) in [5, 5.41) is 8.58. The number of nitrogens with one attached hydrogen (secondary N) is 1. The highest BCUT2D eigenvalue weighted by atomic mass is 35.5. The van der Waals surface area contributed by atoms with Gasteiger partial charge in [0.2, 0.25) is 0 Å². The van der Waals surface area contributed by atoms with Gasteiger partial charge < -0.3 is 5.32 Å². The summed E-state index contributed by atoms with van der Waals surface area (Å²) >= 11 is 6.16. The van der Waals surface area contributed by atoms with Gasteiger partial charge in [-0.05, 0) is 49.4 Å². The van der Waals surface area contributed by atoms with Gasteiger partial charge in [0.25, 0.3) is 5.91 Å². The van der Waals surface area contributed by atoms with Crippen molar-refractivity contribution in [3.63, 3.8) is 0 Å². The van der Waals surface area contributed by atoms with Crippen LogP contribution in [0.5, 0.6) is 0 Å². The minimum Gasteiger partial charge on any atom is -0.346 e. The minimum absolute atomic E-state index is 0.205. The van der Waals surface area contributed by atoms with Crippen LogP contribution < -0.4 is 5.32 Å². The van der Waals surface area contributed by atoms with E-state index < -0.39 is 0 Å². The standard InChI is InChI=1S/C21H18ClN5O/c1-13-8-16(26-27(13)2)12-24-21(28)18-10-20(14-4-3-7-23-11-14)25-19-6-5-15(22)9-17(18)19/h3-11H,12H2,1-2H3,(H,24,28). The Hall–Kier alpha value is -3.25. The Balaban J connectivity index is 1.73. The summed E-state index contributed by atoms with van der Waals surface area (Å²) in [6, 6.07) is 12.8. The maximum absolute atomic E-state index is 13.0. The number of benzene rings is 1. The average molecular weight is 392 g/mol. The van der Waals surface area contributed by atoms with Crippen LogP contribution in [0.3, 0.4) is 0 Å². The number of aryl methyl sites for hydroxylation is 2. The molecule has 0 saturated heterocycles. The predicted molar refractivity (Wildman–Crippen MR) is 109 cm³/mol. The first-order valence-corrected chi connectivity index (χ1v) is 9.17. The van der Waals surface area contributed by atoms with Gasteiger partial charge in [0.15, 0.2) is 0 Å². The van der Waals surface area contributed by atoms with Crippen molar-refractivity contribution >= 4 is 28.4 Å². The van der Waals surface area contributed by atoms with Gasteiger partial charge in [0, 0.05) is 41.1 Å². The Morgan fingerprint density at radius 2 is 2.07 bits per heavy atom. The first-order chi connectivity index (χ1) is 13.5. The van der Waals surface area contributed by atoms with Crippen LogP contribution in [-0.4, -0.2) is 25.7 Å². The number of amides is 1. The van der Waals surface area contributed by atoms with E-state index in [1.165, 1.54) is 0 Å². The van der Waals surface area contributed by atoms with E-state index in [-0.39, 0.29) is 5.91 Å². The van der Waals surface area contributed by atoms with Gasteiger partial charge in [-0.25, -0.2) is 4.98 Å². The number of rotatable bonds is 4. The zero-order valence-electron chi connectivity index (χ0n) is 15.5. The van der Waals surface area contributed by atoms with Gasteiger partial charge in [-0.15, -0.1) is 0 Å². The van der Waals surface area contributed by atoms with Crippen LogP contribution in [0.15, 0.2) is 54.9 Å². The highest BCUT2D eigenvalue weighted by molar-refractivity contribution is 6.31. The number of hydrogen-bond acceptors (Lipinski definition) is 4. The molecule has 0 atom stereocenters. The quantitative estimate of drug-likeness (QED) is 0.572. The SMILES string of the molecule is Cc1cc(CNC(=O)c2cc(-c3cccnc3)nc3ccc(Cl)cc23)nn1C. The number of carbonyl (C=O) groups excluding carboxylic acids is 1. The summed E-state index contributed by atoms with van der Waals surface area (Å²) < 4.78 is 1.78. The third-order valence-corrected chi connectivity index (χ3v) is 4.80. The molecule has 28 heavy (non-hydrogen) atoms. The van der Waals surface area contributed by atoms with Gasteiger partial charge in [-0.3, -0.25) is 14.5 Å². The molecule has 0 fully saturated rings. The Bertz CT molecular complexity index is 1150. The fourth-order valence-corrected chi connectivity index (χ4v) is 3.21. The summed E-state index contributed by atoms with van der Waals surface area (Å²) in [4.78, 5) is 21.8. The molecule has 0 unspecified atom stereocenters. The zero-order valence-corrected chi connectivity index (χ0v) is 16.2. The van der Waals surface area contributed by atoms with Crippen molar-refractivity contribution < 1.29 is 4.79 Å². The molecule has 0 aliphatic carbocycles. The average Bonchev–Trinajstić information content (AvgIpc) is 3.03. The summed E-state index contributed by atoms with van der Waals surface area (Å²) in [7, 11) is 1.87. The number of nitrogens with zero attached hydrogens (tertiary/aromatic N) is 4. The zero-order chi connectivity index (χ0) is 19.7. The van der Waals surface area contributed by atoms with E-state index in [0.717, 1.165) is 17.0 Å². The lowest BCUT2D eigenvalue weighted by Gasteiger charge is -2.10. The van der Waals surface area contributed by atoms with Crippen molar-refractivity contribution in [2.75, 3.05) is 0 Å². The predicted octanol–water partition coefficient (Wildman–Crippen LogP) is 3.92. The summed E-state index contributed by atoms with van der Waals surface area (Å²) in [6.45, 7) is 2.31. The lowest BCUT2D eigenvalue weighted by molar-refractivity contribution is 0.0952. The molecule has 0 bridgehead atoms. The molecule has 0 radical (unpaired) electrons. The third-order valence-electron chi connectivity index (χ3n) is 4.57. The molecule has 7 heteroatoms. The van der Waals surface area contributed by atoms with Crippen molar-refractivity contribution in [3.8, 4) is 11.3 Å². The Morgan fingerprint density at radius 3 is 2.79 bits per heavy atom. The van der Waals surface area contributed by atoms with E-state index in [1.807, 2.05) is 38.2 Å². The second-order valence-electron chi connectivity index (χ2n) is 6.54. The van der Waals surface area contributed by atoms with Crippen LogP contribution in [0.1, 0.15) is 21.7 Å². The Kier molecular flexibility index (Phi) is 4.79. The molecule has 3 aromatic heterocycles. The first kappa shape index (κ1) is 18.1. The molecule has 4 aromatic rings. The highest BCUT2D eigenvalue weighted by Crippen LogP contribution is 2.26.